The third-order valence-corrected chi connectivity index (χ3v) is 3.93. The zero-order chi connectivity index (χ0) is 18.4. The highest BCUT2D eigenvalue weighted by Crippen LogP contribution is 2.34. The molecule has 0 amide bonds. The van der Waals surface area contributed by atoms with Crippen LogP contribution in [0.2, 0.25) is 0 Å². The molecule has 8 heteroatoms. The van der Waals surface area contributed by atoms with Crippen molar-refractivity contribution in [1.29, 1.82) is 0 Å². The van der Waals surface area contributed by atoms with Gasteiger partial charge < -0.3 is 24.8 Å². The minimum absolute atomic E-state index is 0. The molecule has 146 valence electrons. The third kappa shape index (κ3) is 5.88. The Balaban J connectivity index is 0.00000261. The standard InChI is InChI=1S/C19H22FN3O3.HI/c1-13-3-4-14(9-16(13)20)11-23-19(21-2)22-7-8-24-15-5-6-17-18(10-15)26-12-25-17;/h3-6,9-10H,7-8,11-12H2,1-2H3,(H2,21,22,23);1H. The average Bonchev–Trinajstić information content (AvgIpc) is 3.11. The number of fused-ring (bicyclic) bond motifs is 1. The maximum Gasteiger partial charge on any atom is 0.231 e. The molecule has 0 atom stereocenters. The van der Waals surface area contributed by atoms with Crippen molar-refractivity contribution >= 4 is 29.9 Å². The number of benzene rings is 2. The number of guanidine groups is 1. The number of aliphatic imine (C=N–C) groups is 1. The summed E-state index contributed by atoms with van der Waals surface area (Å²) in [6, 6.07) is 10.7. The van der Waals surface area contributed by atoms with Crippen LogP contribution in [0.4, 0.5) is 4.39 Å². The summed E-state index contributed by atoms with van der Waals surface area (Å²) in [5, 5.41) is 6.30. The molecule has 0 saturated heterocycles. The van der Waals surface area contributed by atoms with Crippen LogP contribution in [0, 0.1) is 12.7 Å². The molecule has 2 aromatic rings. The second-order valence-electron chi connectivity index (χ2n) is 5.80. The topological polar surface area (TPSA) is 64.1 Å². The lowest BCUT2D eigenvalue weighted by atomic mass is 10.1. The molecule has 0 radical (unpaired) electrons. The van der Waals surface area contributed by atoms with Crippen molar-refractivity contribution in [3.63, 3.8) is 0 Å². The van der Waals surface area contributed by atoms with Gasteiger partial charge in [0.25, 0.3) is 0 Å². The molecule has 1 heterocycles. The number of rotatable bonds is 6. The summed E-state index contributed by atoms with van der Waals surface area (Å²) in [5.41, 5.74) is 1.49. The van der Waals surface area contributed by atoms with E-state index in [9.17, 15) is 4.39 Å². The predicted octanol–water partition coefficient (Wildman–Crippen LogP) is 3.22. The van der Waals surface area contributed by atoms with E-state index in [1.54, 1.807) is 26.1 Å². The number of hydrogen-bond acceptors (Lipinski definition) is 4. The first-order valence-corrected chi connectivity index (χ1v) is 8.37. The normalized spacial score (nSPS) is 12.3. The fraction of sp³-hybridized carbons (Fsp3) is 0.316. The third-order valence-electron chi connectivity index (χ3n) is 3.93. The highest BCUT2D eigenvalue weighted by atomic mass is 127. The quantitative estimate of drug-likeness (QED) is 0.284. The summed E-state index contributed by atoms with van der Waals surface area (Å²) >= 11 is 0. The van der Waals surface area contributed by atoms with E-state index in [2.05, 4.69) is 15.6 Å². The van der Waals surface area contributed by atoms with Crippen molar-refractivity contribution in [2.24, 2.45) is 4.99 Å². The van der Waals surface area contributed by atoms with Gasteiger partial charge in [-0.1, -0.05) is 12.1 Å². The van der Waals surface area contributed by atoms with Crippen molar-refractivity contribution in [2.75, 3.05) is 27.0 Å². The van der Waals surface area contributed by atoms with Gasteiger partial charge in [-0.3, -0.25) is 4.99 Å². The van der Waals surface area contributed by atoms with Crippen molar-refractivity contribution in [3.05, 3.63) is 53.3 Å². The lowest BCUT2D eigenvalue weighted by molar-refractivity contribution is 0.173. The average molecular weight is 487 g/mol. The highest BCUT2D eigenvalue weighted by Gasteiger charge is 2.13. The predicted molar refractivity (Wildman–Crippen MR) is 113 cm³/mol. The van der Waals surface area contributed by atoms with Crippen LogP contribution in [-0.4, -0.2) is 33.0 Å². The second kappa shape index (κ2) is 10.2. The Hall–Kier alpha value is -2.23. The monoisotopic (exact) mass is 487 g/mol. The Morgan fingerprint density at radius 2 is 1.96 bits per heavy atom. The molecule has 1 aliphatic heterocycles. The van der Waals surface area contributed by atoms with Crippen molar-refractivity contribution in [2.45, 2.75) is 13.5 Å². The van der Waals surface area contributed by atoms with Crippen LogP contribution in [0.3, 0.4) is 0 Å². The van der Waals surface area contributed by atoms with Crippen LogP contribution < -0.4 is 24.8 Å². The first kappa shape index (κ1) is 21.1. The van der Waals surface area contributed by atoms with Crippen LogP contribution in [-0.2, 0) is 6.54 Å². The summed E-state index contributed by atoms with van der Waals surface area (Å²) in [7, 11) is 1.68. The van der Waals surface area contributed by atoms with Gasteiger partial charge in [0, 0.05) is 19.7 Å². The minimum Gasteiger partial charge on any atom is -0.492 e. The summed E-state index contributed by atoms with van der Waals surface area (Å²) < 4.78 is 29.8. The van der Waals surface area contributed by atoms with E-state index >= 15 is 0 Å². The molecule has 0 aliphatic carbocycles. The Morgan fingerprint density at radius 1 is 1.15 bits per heavy atom. The van der Waals surface area contributed by atoms with Gasteiger partial charge in [-0.15, -0.1) is 24.0 Å². The molecule has 0 saturated carbocycles. The first-order chi connectivity index (χ1) is 12.7. The Morgan fingerprint density at radius 3 is 2.74 bits per heavy atom. The number of hydrogen-bond donors (Lipinski definition) is 2. The lowest BCUT2D eigenvalue weighted by Gasteiger charge is -2.13. The second-order valence-corrected chi connectivity index (χ2v) is 5.80. The van der Waals surface area contributed by atoms with Gasteiger partial charge in [0.15, 0.2) is 17.5 Å². The molecular weight excluding hydrogens is 464 g/mol. The Labute approximate surface area is 175 Å². The van der Waals surface area contributed by atoms with Crippen LogP contribution in [0.25, 0.3) is 0 Å². The maximum atomic E-state index is 13.6. The van der Waals surface area contributed by atoms with Gasteiger partial charge in [0.2, 0.25) is 6.79 Å². The van der Waals surface area contributed by atoms with Crippen LogP contribution in [0.15, 0.2) is 41.4 Å². The first-order valence-electron chi connectivity index (χ1n) is 8.37. The van der Waals surface area contributed by atoms with E-state index in [-0.39, 0.29) is 36.6 Å². The van der Waals surface area contributed by atoms with Crippen LogP contribution >= 0.6 is 24.0 Å². The molecule has 0 fully saturated rings. The van der Waals surface area contributed by atoms with Crippen LogP contribution in [0.1, 0.15) is 11.1 Å². The van der Waals surface area contributed by atoms with E-state index < -0.39 is 0 Å². The molecule has 0 unspecified atom stereocenters. The van der Waals surface area contributed by atoms with Gasteiger partial charge in [0.05, 0.1) is 6.54 Å². The van der Waals surface area contributed by atoms with Gasteiger partial charge in [0.1, 0.15) is 18.2 Å². The molecule has 27 heavy (non-hydrogen) atoms. The van der Waals surface area contributed by atoms with E-state index in [1.807, 2.05) is 18.2 Å². The molecular formula is C19H23FIN3O3. The number of nitrogens with zero attached hydrogens (tertiary/aromatic N) is 1. The van der Waals surface area contributed by atoms with E-state index in [0.717, 1.165) is 11.3 Å². The van der Waals surface area contributed by atoms with Crippen molar-refractivity contribution < 1.29 is 18.6 Å². The summed E-state index contributed by atoms with van der Waals surface area (Å²) in [4.78, 5) is 4.14. The SMILES string of the molecule is CN=C(NCCOc1ccc2c(c1)OCO2)NCc1ccc(C)c(F)c1.I. The number of nitrogens with one attached hydrogen (secondary N) is 2. The Kier molecular flexibility index (Phi) is 7.96. The molecule has 0 aromatic heterocycles. The molecule has 1 aliphatic rings. The zero-order valence-corrected chi connectivity index (χ0v) is 17.6. The molecule has 2 aromatic carbocycles. The number of aryl methyl sites for hydroxylation is 1. The maximum absolute atomic E-state index is 13.6. The fourth-order valence-electron chi connectivity index (χ4n) is 2.46. The number of halogens is 2. The Bertz CT molecular complexity index is 802. The van der Waals surface area contributed by atoms with E-state index in [1.165, 1.54) is 6.07 Å². The van der Waals surface area contributed by atoms with Crippen LogP contribution in [0.5, 0.6) is 17.2 Å². The highest BCUT2D eigenvalue weighted by molar-refractivity contribution is 14.0. The largest absolute Gasteiger partial charge is 0.492 e. The van der Waals surface area contributed by atoms with Gasteiger partial charge in [-0.25, -0.2) is 4.39 Å². The minimum atomic E-state index is -0.204. The zero-order valence-electron chi connectivity index (χ0n) is 15.3. The van der Waals surface area contributed by atoms with Crippen molar-refractivity contribution in [3.8, 4) is 17.2 Å². The molecule has 0 bridgehead atoms. The lowest BCUT2D eigenvalue weighted by Crippen LogP contribution is -2.38. The summed E-state index contributed by atoms with van der Waals surface area (Å²) in [6.07, 6.45) is 0. The summed E-state index contributed by atoms with van der Waals surface area (Å²) in [5.74, 6) is 2.56. The number of ether oxygens (including phenoxy) is 3. The van der Waals surface area contributed by atoms with Gasteiger partial charge in [-0.2, -0.15) is 0 Å². The van der Waals surface area contributed by atoms with E-state index in [4.69, 9.17) is 14.2 Å². The molecule has 6 nitrogen and oxygen atoms in total. The fourth-order valence-corrected chi connectivity index (χ4v) is 2.46. The molecule has 0 spiro atoms. The van der Waals surface area contributed by atoms with Crippen molar-refractivity contribution in [1.82, 2.24) is 10.6 Å². The van der Waals surface area contributed by atoms with Gasteiger partial charge >= 0.3 is 0 Å². The smallest absolute Gasteiger partial charge is 0.231 e. The van der Waals surface area contributed by atoms with E-state index in [0.29, 0.717) is 42.7 Å². The van der Waals surface area contributed by atoms with Gasteiger partial charge in [-0.05, 0) is 36.2 Å². The molecule has 3 rings (SSSR count). The summed E-state index contributed by atoms with van der Waals surface area (Å²) in [6.45, 7) is 3.50. The molecule has 2 N–H and O–H groups in total.